The zero-order chi connectivity index (χ0) is 12.4. The average Bonchev–Trinajstić information content (AvgIpc) is 2.26. The highest BCUT2D eigenvalue weighted by molar-refractivity contribution is 5.77. The Balaban J connectivity index is 3.41. The average molecular weight is 228 g/mol. The molecule has 0 saturated carbocycles. The number of carbonyl (C=O) groups is 1. The topological polar surface area (TPSA) is 41.1 Å². The van der Waals surface area contributed by atoms with E-state index < -0.39 is 0 Å². The zero-order valence-corrected chi connectivity index (χ0v) is 11.3. The van der Waals surface area contributed by atoms with Gasteiger partial charge in [0.25, 0.3) is 0 Å². The van der Waals surface area contributed by atoms with Crippen molar-refractivity contribution < 1.29 is 4.79 Å². The van der Waals surface area contributed by atoms with Crippen molar-refractivity contribution in [2.45, 2.75) is 59.4 Å². The smallest absolute Gasteiger partial charge is 0.222 e. The van der Waals surface area contributed by atoms with Gasteiger partial charge in [0.05, 0.1) is 0 Å². The minimum absolute atomic E-state index is 0.0939. The minimum atomic E-state index is 0.0939. The van der Waals surface area contributed by atoms with E-state index in [9.17, 15) is 4.79 Å². The molecule has 1 atom stereocenters. The van der Waals surface area contributed by atoms with Crippen LogP contribution < -0.4 is 10.6 Å². The first-order chi connectivity index (χ1) is 7.61. The molecular formula is C13H28N2O. The summed E-state index contributed by atoms with van der Waals surface area (Å²) in [6, 6.07) is 0.644. The Labute approximate surface area is 100 Å². The van der Waals surface area contributed by atoms with E-state index in [1.54, 1.807) is 0 Å². The van der Waals surface area contributed by atoms with Crippen molar-refractivity contribution in [2.24, 2.45) is 5.92 Å². The van der Waals surface area contributed by atoms with E-state index in [1.807, 2.05) is 13.8 Å². The molecule has 0 bridgehead atoms. The predicted molar refractivity (Wildman–Crippen MR) is 69.5 cm³/mol. The van der Waals surface area contributed by atoms with Crippen LogP contribution in [0, 0.1) is 5.92 Å². The van der Waals surface area contributed by atoms with Crippen LogP contribution in [0.5, 0.6) is 0 Å². The highest BCUT2D eigenvalue weighted by Crippen LogP contribution is 2.00. The maximum absolute atomic E-state index is 11.3. The Hall–Kier alpha value is -0.570. The predicted octanol–water partition coefficient (Wildman–Crippen LogP) is 2.32. The number of rotatable bonds is 9. The standard InChI is InChI=1S/C13H28N2O/c1-5-8-12(6-2)14-9-7-10-15-13(16)11(3)4/h11-12,14H,5-10H2,1-4H3,(H,15,16). The lowest BCUT2D eigenvalue weighted by atomic mass is 10.1. The van der Waals surface area contributed by atoms with Gasteiger partial charge >= 0.3 is 0 Å². The molecule has 3 nitrogen and oxygen atoms in total. The van der Waals surface area contributed by atoms with Gasteiger partial charge in [0, 0.05) is 18.5 Å². The molecule has 0 spiro atoms. The lowest BCUT2D eigenvalue weighted by molar-refractivity contribution is -0.123. The second kappa shape index (κ2) is 9.64. The molecule has 0 saturated heterocycles. The van der Waals surface area contributed by atoms with Gasteiger partial charge in [0.15, 0.2) is 0 Å². The zero-order valence-electron chi connectivity index (χ0n) is 11.3. The fraction of sp³-hybridized carbons (Fsp3) is 0.923. The van der Waals surface area contributed by atoms with Gasteiger partial charge in [-0.15, -0.1) is 0 Å². The fourth-order valence-corrected chi connectivity index (χ4v) is 1.61. The van der Waals surface area contributed by atoms with Crippen molar-refractivity contribution in [1.29, 1.82) is 0 Å². The summed E-state index contributed by atoms with van der Waals surface area (Å²) < 4.78 is 0. The maximum atomic E-state index is 11.3. The molecular weight excluding hydrogens is 200 g/mol. The third kappa shape index (κ3) is 7.69. The molecule has 1 amide bonds. The summed E-state index contributed by atoms with van der Waals surface area (Å²) in [5.74, 6) is 0.247. The molecule has 0 heterocycles. The van der Waals surface area contributed by atoms with Crippen molar-refractivity contribution in [1.82, 2.24) is 10.6 Å². The van der Waals surface area contributed by atoms with Crippen LogP contribution in [-0.2, 0) is 4.79 Å². The number of hydrogen-bond acceptors (Lipinski definition) is 2. The van der Waals surface area contributed by atoms with Crippen molar-refractivity contribution >= 4 is 5.91 Å². The molecule has 0 aliphatic rings. The summed E-state index contributed by atoms with van der Waals surface area (Å²) >= 11 is 0. The van der Waals surface area contributed by atoms with Crippen LogP contribution in [0.15, 0.2) is 0 Å². The normalized spacial score (nSPS) is 12.8. The summed E-state index contributed by atoms with van der Waals surface area (Å²) in [6.07, 6.45) is 4.68. The number of nitrogens with one attached hydrogen (secondary N) is 2. The summed E-state index contributed by atoms with van der Waals surface area (Å²) in [5, 5.41) is 6.45. The highest BCUT2D eigenvalue weighted by atomic mass is 16.1. The molecule has 16 heavy (non-hydrogen) atoms. The van der Waals surface area contributed by atoms with Crippen LogP contribution in [0.3, 0.4) is 0 Å². The SMILES string of the molecule is CCCC(CC)NCCCNC(=O)C(C)C. The molecule has 0 aromatic heterocycles. The summed E-state index contributed by atoms with van der Waals surface area (Å²) in [6.45, 7) is 10.1. The van der Waals surface area contributed by atoms with Crippen LogP contribution in [0.1, 0.15) is 53.4 Å². The van der Waals surface area contributed by atoms with Crippen LogP contribution >= 0.6 is 0 Å². The van der Waals surface area contributed by atoms with Crippen molar-refractivity contribution in [3.63, 3.8) is 0 Å². The first-order valence-electron chi connectivity index (χ1n) is 6.62. The van der Waals surface area contributed by atoms with Crippen molar-refractivity contribution in [2.75, 3.05) is 13.1 Å². The quantitative estimate of drug-likeness (QED) is 0.595. The van der Waals surface area contributed by atoms with E-state index in [2.05, 4.69) is 24.5 Å². The molecule has 1 unspecified atom stereocenters. The van der Waals surface area contributed by atoms with Gasteiger partial charge in [0.2, 0.25) is 5.91 Å². The van der Waals surface area contributed by atoms with Crippen molar-refractivity contribution in [3.8, 4) is 0 Å². The number of carbonyl (C=O) groups excluding carboxylic acids is 1. The molecule has 0 radical (unpaired) electrons. The van der Waals surface area contributed by atoms with Gasteiger partial charge in [-0.1, -0.05) is 34.1 Å². The van der Waals surface area contributed by atoms with Crippen LogP contribution in [0.2, 0.25) is 0 Å². The maximum Gasteiger partial charge on any atom is 0.222 e. The first-order valence-corrected chi connectivity index (χ1v) is 6.62. The summed E-state index contributed by atoms with van der Waals surface area (Å²) in [7, 11) is 0. The Kier molecular flexibility index (Phi) is 9.30. The third-order valence-corrected chi connectivity index (χ3v) is 2.74. The highest BCUT2D eigenvalue weighted by Gasteiger charge is 2.05. The Morgan fingerprint density at radius 2 is 1.88 bits per heavy atom. The van der Waals surface area contributed by atoms with E-state index in [-0.39, 0.29) is 11.8 Å². The molecule has 2 N–H and O–H groups in total. The second-order valence-corrected chi connectivity index (χ2v) is 4.65. The van der Waals surface area contributed by atoms with E-state index in [4.69, 9.17) is 0 Å². The van der Waals surface area contributed by atoms with Crippen LogP contribution in [0.4, 0.5) is 0 Å². The monoisotopic (exact) mass is 228 g/mol. The molecule has 0 aliphatic heterocycles. The Morgan fingerprint density at radius 3 is 2.38 bits per heavy atom. The number of amides is 1. The Bertz CT molecular complexity index is 181. The molecule has 0 aromatic rings. The van der Waals surface area contributed by atoms with Crippen molar-refractivity contribution in [3.05, 3.63) is 0 Å². The van der Waals surface area contributed by atoms with E-state index in [0.29, 0.717) is 6.04 Å². The van der Waals surface area contributed by atoms with Gasteiger partial charge in [0.1, 0.15) is 0 Å². The first kappa shape index (κ1) is 15.4. The van der Waals surface area contributed by atoms with E-state index in [0.717, 1.165) is 19.5 Å². The van der Waals surface area contributed by atoms with E-state index in [1.165, 1.54) is 19.3 Å². The fourth-order valence-electron chi connectivity index (χ4n) is 1.61. The van der Waals surface area contributed by atoms with Gasteiger partial charge in [-0.2, -0.15) is 0 Å². The van der Waals surface area contributed by atoms with Crippen LogP contribution in [-0.4, -0.2) is 25.0 Å². The minimum Gasteiger partial charge on any atom is -0.356 e. The third-order valence-electron chi connectivity index (χ3n) is 2.74. The summed E-state index contributed by atoms with van der Waals surface area (Å²) in [4.78, 5) is 11.3. The lowest BCUT2D eigenvalue weighted by Crippen LogP contribution is -2.33. The molecule has 0 fully saturated rings. The largest absolute Gasteiger partial charge is 0.356 e. The lowest BCUT2D eigenvalue weighted by Gasteiger charge is -2.16. The van der Waals surface area contributed by atoms with Gasteiger partial charge < -0.3 is 10.6 Å². The molecule has 3 heteroatoms. The van der Waals surface area contributed by atoms with Gasteiger partial charge in [-0.3, -0.25) is 4.79 Å². The number of hydrogen-bond donors (Lipinski definition) is 2. The molecule has 0 rings (SSSR count). The Morgan fingerprint density at radius 1 is 1.19 bits per heavy atom. The molecule has 96 valence electrons. The second-order valence-electron chi connectivity index (χ2n) is 4.65. The van der Waals surface area contributed by atoms with Crippen LogP contribution in [0.25, 0.3) is 0 Å². The molecule has 0 aliphatic carbocycles. The van der Waals surface area contributed by atoms with E-state index >= 15 is 0 Å². The van der Waals surface area contributed by atoms with Gasteiger partial charge in [-0.25, -0.2) is 0 Å². The summed E-state index contributed by atoms with van der Waals surface area (Å²) in [5.41, 5.74) is 0. The van der Waals surface area contributed by atoms with Gasteiger partial charge in [-0.05, 0) is 25.8 Å². The molecule has 0 aromatic carbocycles.